The summed E-state index contributed by atoms with van der Waals surface area (Å²) in [6.07, 6.45) is 3.07. The third-order valence-electron chi connectivity index (χ3n) is 6.42. The molecule has 0 saturated carbocycles. The highest BCUT2D eigenvalue weighted by Crippen LogP contribution is 2.27. The molecule has 0 bridgehead atoms. The van der Waals surface area contributed by atoms with Crippen molar-refractivity contribution in [3.05, 3.63) is 101 Å². The van der Waals surface area contributed by atoms with Gasteiger partial charge in [0.2, 0.25) is 21.8 Å². The molecule has 3 aromatic carbocycles. The number of benzene rings is 3. The van der Waals surface area contributed by atoms with Gasteiger partial charge in [-0.05, 0) is 42.2 Å². The van der Waals surface area contributed by atoms with Crippen molar-refractivity contribution in [2.24, 2.45) is 0 Å². The Morgan fingerprint density at radius 3 is 2.15 bits per heavy atom. The maximum absolute atomic E-state index is 14.0. The van der Waals surface area contributed by atoms with Crippen molar-refractivity contribution < 1.29 is 18.0 Å². The van der Waals surface area contributed by atoms with E-state index >= 15 is 0 Å². The normalized spacial score (nSPS) is 12.0. The van der Waals surface area contributed by atoms with Crippen LogP contribution in [0, 0.1) is 6.92 Å². The third kappa shape index (κ3) is 8.83. The van der Waals surface area contributed by atoms with Gasteiger partial charge in [0, 0.05) is 24.5 Å². The molecule has 1 N–H and O–H groups in total. The fourth-order valence-electron chi connectivity index (χ4n) is 4.29. The van der Waals surface area contributed by atoms with Gasteiger partial charge in [0.1, 0.15) is 12.6 Å². The van der Waals surface area contributed by atoms with Crippen LogP contribution in [0.3, 0.4) is 0 Å². The number of hydrogen-bond acceptors (Lipinski definition) is 4. The number of carbonyl (C=O) groups excluding carboxylic acids is 2. The van der Waals surface area contributed by atoms with E-state index in [-0.39, 0.29) is 18.9 Å². The predicted molar refractivity (Wildman–Crippen MR) is 157 cm³/mol. The van der Waals surface area contributed by atoms with Crippen LogP contribution in [-0.4, -0.2) is 50.5 Å². The second kappa shape index (κ2) is 14.1. The van der Waals surface area contributed by atoms with Crippen molar-refractivity contribution in [1.82, 2.24) is 10.2 Å². The van der Waals surface area contributed by atoms with E-state index in [0.717, 1.165) is 34.5 Å². The summed E-state index contributed by atoms with van der Waals surface area (Å²) in [7, 11) is -3.85. The minimum absolute atomic E-state index is 0.143. The lowest BCUT2D eigenvalue weighted by Crippen LogP contribution is -2.53. The topological polar surface area (TPSA) is 86.8 Å². The summed E-state index contributed by atoms with van der Waals surface area (Å²) in [4.78, 5) is 29.1. The number of unbranched alkanes of at least 4 members (excludes halogenated alkanes) is 1. The molecule has 0 saturated heterocycles. The zero-order valence-electron chi connectivity index (χ0n) is 22.6. The van der Waals surface area contributed by atoms with Crippen LogP contribution in [0.5, 0.6) is 0 Å². The number of amides is 2. The molecule has 0 fully saturated rings. The van der Waals surface area contributed by atoms with E-state index in [1.807, 2.05) is 67.6 Å². The van der Waals surface area contributed by atoms with Crippen molar-refractivity contribution in [3.63, 3.8) is 0 Å². The summed E-state index contributed by atoms with van der Waals surface area (Å²) in [5.74, 6) is -0.767. The highest BCUT2D eigenvalue weighted by Gasteiger charge is 2.33. The molecule has 1 atom stereocenters. The second-order valence-corrected chi connectivity index (χ2v) is 11.9. The van der Waals surface area contributed by atoms with Crippen molar-refractivity contribution in [1.29, 1.82) is 0 Å². The molecule has 3 aromatic rings. The summed E-state index contributed by atoms with van der Waals surface area (Å²) in [5, 5.41) is 3.33. The number of hydrogen-bond donors (Lipinski definition) is 1. The van der Waals surface area contributed by atoms with Gasteiger partial charge < -0.3 is 10.2 Å². The minimum Gasteiger partial charge on any atom is -0.354 e. The first-order valence-electron chi connectivity index (χ1n) is 13.0. The average molecular weight is 570 g/mol. The summed E-state index contributed by atoms with van der Waals surface area (Å²) in [5.41, 5.74) is 2.70. The Labute approximate surface area is 236 Å². The summed E-state index contributed by atoms with van der Waals surface area (Å²) in [6, 6.07) is 22.9. The minimum atomic E-state index is -3.85. The molecule has 0 aliphatic rings. The van der Waals surface area contributed by atoms with Crippen LogP contribution in [0.1, 0.15) is 36.5 Å². The van der Waals surface area contributed by atoms with Gasteiger partial charge in [0.15, 0.2) is 0 Å². The van der Waals surface area contributed by atoms with Crippen molar-refractivity contribution in [2.45, 2.75) is 45.7 Å². The zero-order chi connectivity index (χ0) is 28.4. The monoisotopic (exact) mass is 569 g/mol. The van der Waals surface area contributed by atoms with Crippen molar-refractivity contribution >= 4 is 39.1 Å². The Bertz CT molecular complexity index is 1350. The molecule has 0 spiro atoms. The highest BCUT2D eigenvalue weighted by atomic mass is 35.5. The largest absolute Gasteiger partial charge is 0.354 e. The highest BCUT2D eigenvalue weighted by molar-refractivity contribution is 7.92. The fraction of sp³-hybridized carbons (Fsp3) is 0.333. The number of nitrogens with zero attached hydrogens (tertiary/aromatic N) is 2. The molecule has 208 valence electrons. The molecule has 0 heterocycles. The Morgan fingerprint density at radius 2 is 1.56 bits per heavy atom. The molecule has 0 aromatic heterocycles. The molecule has 1 unspecified atom stereocenters. The smallest absolute Gasteiger partial charge is 0.244 e. The molecule has 0 aliphatic heterocycles. The molecule has 0 aliphatic carbocycles. The van der Waals surface area contributed by atoms with Crippen LogP contribution in [-0.2, 0) is 32.6 Å². The van der Waals surface area contributed by atoms with Gasteiger partial charge >= 0.3 is 0 Å². The van der Waals surface area contributed by atoms with E-state index < -0.39 is 28.5 Å². The molecule has 39 heavy (non-hydrogen) atoms. The van der Waals surface area contributed by atoms with E-state index in [0.29, 0.717) is 22.8 Å². The third-order valence-corrected chi connectivity index (χ3v) is 7.78. The van der Waals surface area contributed by atoms with Gasteiger partial charge in [-0.2, -0.15) is 0 Å². The SMILES string of the molecule is CCCCNC(=O)C(Cc1ccccc1)N(Cc1ccccc1)C(=O)CN(c1cc(Cl)ccc1C)S(C)(=O)=O. The first-order valence-corrected chi connectivity index (χ1v) is 15.2. The second-order valence-electron chi connectivity index (χ2n) is 9.56. The maximum atomic E-state index is 14.0. The lowest BCUT2D eigenvalue weighted by atomic mass is 10.0. The van der Waals surface area contributed by atoms with Crippen LogP contribution < -0.4 is 9.62 Å². The fourth-order valence-corrected chi connectivity index (χ4v) is 5.35. The van der Waals surface area contributed by atoms with E-state index in [1.165, 1.54) is 11.0 Å². The first kappa shape index (κ1) is 30.2. The summed E-state index contributed by atoms with van der Waals surface area (Å²) in [6.45, 7) is 3.96. The van der Waals surface area contributed by atoms with Crippen molar-refractivity contribution in [2.75, 3.05) is 23.7 Å². The van der Waals surface area contributed by atoms with Crippen LogP contribution in [0.4, 0.5) is 5.69 Å². The van der Waals surface area contributed by atoms with Crippen LogP contribution in [0.25, 0.3) is 0 Å². The first-order chi connectivity index (χ1) is 18.6. The number of sulfonamides is 1. The summed E-state index contributed by atoms with van der Waals surface area (Å²) >= 11 is 6.19. The van der Waals surface area contributed by atoms with Crippen molar-refractivity contribution in [3.8, 4) is 0 Å². The molecular weight excluding hydrogens is 534 g/mol. The molecule has 3 rings (SSSR count). The Morgan fingerprint density at radius 1 is 0.949 bits per heavy atom. The quantitative estimate of drug-likeness (QED) is 0.294. The van der Waals surface area contributed by atoms with Gasteiger partial charge in [-0.3, -0.25) is 13.9 Å². The molecular formula is C30H36ClN3O4S. The van der Waals surface area contributed by atoms with Gasteiger partial charge in [-0.25, -0.2) is 8.42 Å². The number of nitrogens with one attached hydrogen (secondary N) is 1. The van der Waals surface area contributed by atoms with Crippen LogP contribution in [0.15, 0.2) is 78.9 Å². The van der Waals surface area contributed by atoms with E-state index in [1.54, 1.807) is 19.1 Å². The number of anilines is 1. The van der Waals surface area contributed by atoms with Crippen LogP contribution >= 0.6 is 11.6 Å². The predicted octanol–water partition coefficient (Wildman–Crippen LogP) is 4.97. The molecule has 0 radical (unpaired) electrons. The number of rotatable bonds is 13. The Kier molecular flexibility index (Phi) is 10.9. The maximum Gasteiger partial charge on any atom is 0.244 e. The van der Waals surface area contributed by atoms with E-state index in [2.05, 4.69) is 5.32 Å². The summed E-state index contributed by atoms with van der Waals surface area (Å²) < 4.78 is 26.9. The van der Waals surface area contributed by atoms with E-state index in [9.17, 15) is 18.0 Å². The molecule has 7 nitrogen and oxygen atoms in total. The Hall–Kier alpha value is -3.36. The number of halogens is 1. The lowest BCUT2D eigenvalue weighted by molar-refractivity contribution is -0.140. The lowest BCUT2D eigenvalue weighted by Gasteiger charge is -2.34. The van der Waals surface area contributed by atoms with E-state index in [4.69, 9.17) is 11.6 Å². The molecule has 2 amide bonds. The average Bonchev–Trinajstić information content (AvgIpc) is 2.91. The molecule has 9 heteroatoms. The number of aryl methyl sites for hydroxylation is 1. The standard InChI is InChI=1S/C30H36ClN3O4S/c1-4-5-18-32-30(36)28(19-24-12-8-6-9-13-24)33(21-25-14-10-7-11-15-25)29(35)22-34(39(3,37)38)27-20-26(31)17-16-23(27)2/h6-17,20,28H,4-5,18-19,21-22H2,1-3H3,(H,32,36). The van der Waals surface area contributed by atoms with Gasteiger partial charge in [-0.1, -0.05) is 91.7 Å². The van der Waals surface area contributed by atoms with Gasteiger partial charge in [0.25, 0.3) is 0 Å². The van der Waals surface area contributed by atoms with Gasteiger partial charge in [-0.15, -0.1) is 0 Å². The van der Waals surface area contributed by atoms with Gasteiger partial charge in [0.05, 0.1) is 11.9 Å². The zero-order valence-corrected chi connectivity index (χ0v) is 24.2. The number of carbonyl (C=O) groups is 2. The van der Waals surface area contributed by atoms with Crippen LogP contribution in [0.2, 0.25) is 5.02 Å². The Balaban J connectivity index is 2.04.